The van der Waals surface area contributed by atoms with Crippen molar-refractivity contribution in [3.05, 3.63) is 64.4 Å². The minimum Gasteiger partial charge on any atom is -0.508 e. The van der Waals surface area contributed by atoms with Crippen molar-refractivity contribution in [2.75, 3.05) is 0 Å². The number of para-hydroxylation sites is 1. The van der Waals surface area contributed by atoms with Crippen molar-refractivity contribution in [1.82, 2.24) is 9.36 Å². The molecule has 1 aromatic heterocycles. The van der Waals surface area contributed by atoms with Gasteiger partial charge in [0.15, 0.2) is 0 Å². The maximum atomic E-state index is 12.6. The van der Waals surface area contributed by atoms with Gasteiger partial charge in [0.25, 0.3) is 5.56 Å². The van der Waals surface area contributed by atoms with Crippen LogP contribution in [0.2, 0.25) is 0 Å². The number of hydrogen-bond acceptors (Lipinski definition) is 2. The van der Waals surface area contributed by atoms with E-state index in [0.717, 1.165) is 29.4 Å². The van der Waals surface area contributed by atoms with Crippen LogP contribution in [0.3, 0.4) is 0 Å². The molecule has 0 spiro atoms. The van der Waals surface area contributed by atoms with Crippen LogP contribution in [0.4, 0.5) is 0 Å². The highest BCUT2D eigenvalue weighted by molar-refractivity contribution is 5.78. The molecule has 0 saturated heterocycles. The third-order valence-electron chi connectivity index (χ3n) is 3.64. The van der Waals surface area contributed by atoms with E-state index in [0.29, 0.717) is 6.54 Å². The van der Waals surface area contributed by atoms with Crippen molar-refractivity contribution >= 4 is 10.9 Å². The van der Waals surface area contributed by atoms with Gasteiger partial charge in [-0.05, 0) is 36.2 Å². The molecule has 4 heteroatoms. The fourth-order valence-corrected chi connectivity index (χ4v) is 2.64. The van der Waals surface area contributed by atoms with Gasteiger partial charge in [0.1, 0.15) is 5.75 Å². The number of fused-ring (bicyclic) bond motifs is 1. The fraction of sp³-hybridized carbons (Fsp3) is 0.235. The van der Waals surface area contributed by atoms with Gasteiger partial charge < -0.3 is 5.11 Å². The van der Waals surface area contributed by atoms with E-state index in [9.17, 15) is 9.90 Å². The second kappa shape index (κ2) is 5.48. The van der Waals surface area contributed by atoms with Gasteiger partial charge in [0.2, 0.25) is 0 Å². The van der Waals surface area contributed by atoms with Crippen molar-refractivity contribution in [3.8, 4) is 5.75 Å². The van der Waals surface area contributed by atoms with E-state index in [2.05, 4.69) is 6.92 Å². The van der Waals surface area contributed by atoms with Gasteiger partial charge in [-0.3, -0.25) is 9.48 Å². The summed E-state index contributed by atoms with van der Waals surface area (Å²) in [6.07, 6.45) is 0.966. The first-order valence-corrected chi connectivity index (χ1v) is 7.17. The third-order valence-corrected chi connectivity index (χ3v) is 3.64. The lowest BCUT2D eigenvalue weighted by atomic mass is 10.2. The minimum absolute atomic E-state index is 0.0344. The Morgan fingerprint density at radius 1 is 1.00 bits per heavy atom. The Bertz CT molecular complexity index is 813. The number of phenolic OH excluding ortho intramolecular Hbond substituents is 1. The Morgan fingerprint density at radius 3 is 2.43 bits per heavy atom. The van der Waals surface area contributed by atoms with Crippen molar-refractivity contribution in [1.29, 1.82) is 0 Å². The molecule has 0 aliphatic rings. The Morgan fingerprint density at radius 2 is 1.71 bits per heavy atom. The highest BCUT2D eigenvalue weighted by Crippen LogP contribution is 2.15. The molecule has 0 saturated carbocycles. The zero-order chi connectivity index (χ0) is 14.8. The largest absolute Gasteiger partial charge is 0.508 e. The molecule has 0 unspecified atom stereocenters. The molecule has 3 rings (SSSR count). The molecule has 2 aromatic carbocycles. The molecule has 0 aliphatic heterocycles. The number of hydrogen-bond donors (Lipinski definition) is 1. The van der Waals surface area contributed by atoms with Crippen LogP contribution in [0.5, 0.6) is 5.75 Å². The zero-order valence-electron chi connectivity index (χ0n) is 12.0. The maximum absolute atomic E-state index is 12.6. The number of nitrogens with zero attached hydrogens (tertiary/aromatic N) is 2. The summed E-state index contributed by atoms with van der Waals surface area (Å²) in [7, 11) is 0. The normalized spacial score (nSPS) is 11.1. The van der Waals surface area contributed by atoms with Crippen LogP contribution < -0.4 is 5.56 Å². The predicted molar refractivity (Wildman–Crippen MR) is 83.7 cm³/mol. The van der Waals surface area contributed by atoms with Crippen LogP contribution >= 0.6 is 0 Å². The summed E-state index contributed by atoms with van der Waals surface area (Å²) in [5.74, 6) is 0.236. The van der Waals surface area contributed by atoms with Crippen LogP contribution in [0, 0.1) is 0 Å². The van der Waals surface area contributed by atoms with E-state index in [4.69, 9.17) is 0 Å². The van der Waals surface area contributed by atoms with E-state index >= 15 is 0 Å². The smallest absolute Gasteiger partial charge is 0.274 e. The molecule has 3 aromatic rings. The van der Waals surface area contributed by atoms with Gasteiger partial charge in [-0.15, -0.1) is 0 Å². The molecular weight excluding hydrogens is 264 g/mol. The summed E-state index contributed by atoms with van der Waals surface area (Å²) in [4.78, 5) is 12.6. The lowest BCUT2D eigenvalue weighted by molar-refractivity contribution is 0.471. The Hall–Kier alpha value is -2.49. The molecule has 0 radical (unpaired) electrons. The quantitative estimate of drug-likeness (QED) is 0.799. The van der Waals surface area contributed by atoms with Crippen molar-refractivity contribution in [3.63, 3.8) is 0 Å². The van der Waals surface area contributed by atoms with Gasteiger partial charge in [-0.1, -0.05) is 31.2 Å². The molecule has 1 N–H and O–H groups in total. The molecular formula is C17H18N2O2. The molecule has 0 aliphatic carbocycles. The highest BCUT2D eigenvalue weighted by atomic mass is 16.3. The van der Waals surface area contributed by atoms with Crippen LogP contribution in [-0.2, 0) is 13.1 Å². The summed E-state index contributed by atoms with van der Waals surface area (Å²) in [6.45, 7) is 3.42. The standard InChI is InChI=1S/C17H18N2O2/c1-2-11-18-16-6-4-3-5-15(16)17(21)19(18)12-13-7-9-14(20)10-8-13/h3-10,20H,2,11-12H2,1H3. The van der Waals surface area contributed by atoms with Crippen LogP contribution in [-0.4, -0.2) is 14.5 Å². The predicted octanol–water partition coefficient (Wildman–Crippen LogP) is 2.97. The molecule has 21 heavy (non-hydrogen) atoms. The molecule has 0 bridgehead atoms. The SMILES string of the molecule is CCCn1c2ccccc2c(=O)n1Cc1ccc(O)cc1. The monoisotopic (exact) mass is 282 g/mol. The number of phenols is 1. The Labute approximate surface area is 122 Å². The molecule has 0 fully saturated rings. The zero-order valence-corrected chi connectivity index (χ0v) is 12.0. The molecule has 0 amide bonds. The second-order valence-electron chi connectivity index (χ2n) is 5.17. The summed E-state index contributed by atoms with van der Waals surface area (Å²) in [5.41, 5.74) is 2.00. The van der Waals surface area contributed by atoms with Gasteiger partial charge in [-0.2, -0.15) is 0 Å². The first-order valence-electron chi connectivity index (χ1n) is 7.17. The third kappa shape index (κ3) is 2.44. The van der Waals surface area contributed by atoms with E-state index in [1.54, 1.807) is 16.8 Å². The number of rotatable bonds is 4. The Kier molecular flexibility index (Phi) is 3.52. The van der Waals surface area contributed by atoms with Crippen LogP contribution in [0.15, 0.2) is 53.3 Å². The summed E-state index contributed by atoms with van der Waals surface area (Å²) < 4.78 is 3.82. The van der Waals surface area contributed by atoms with Crippen LogP contribution in [0.1, 0.15) is 18.9 Å². The summed E-state index contributed by atoms with van der Waals surface area (Å²) >= 11 is 0. The van der Waals surface area contributed by atoms with Crippen molar-refractivity contribution < 1.29 is 5.11 Å². The fourth-order valence-electron chi connectivity index (χ4n) is 2.64. The van der Waals surface area contributed by atoms with Gasteiger partial charge >= 0.3 is 0 Å². The molecule has 0 atom stereocenters. The number of aromatic nitrogens is 2. The average Bonchev–Trinajstić information content (AvgIpc) is 2.76. The van der Waals surface area contributed by atoms with E-state index in [-0.39, 0.29) is 11.3 Å². The number of aromatic hydroxyl groups is 1. The second-order valence-corrected chi connectivity index (χ2v) is 5.17. The van der Waals surface area contributed by atoms with E-state index in [1.165, 1.54) is 0 Å². The highest BCUT2D eigenvalue weighted by Gasteiger charge is 2.12. The number of aryl methyl sites for hydroxylation is 1. The van der Waals surface area contributed by atoms with Gasteiger partial charge in [0, 0.05) is 6.54 Å². The average molecular weight is 282 g/mol. The maximum Gasteiger partial charge on any atom is 0.274 e. The lowest BCUT2D eigenvalue weighted by Gasteiger charge is -2.12. The van der Waals surface area contributed by atoms with E-state index < -0.39 is 0 Å². The summed E-state index contributed by atoms with van der Waals surface area (Å²) in [6, 6.07) is 14.7. The number of benzene rings is 2. The Balaban J connectivity index is 2.12. The topological polar surface area (TPSA) is 47.2 Å². The van der Waals surface area contributed by atoms with Crippen molar-refractivity contribution in [2.24, 2.45) is 0 Å². The van der Waals surface area contributed by atoms with Crippen LogP contribution in [0.25, 0.3) is 10.9 Å². The summed E-state index contributed by atoms with van der Waals surface area (Å²) in [5, 5.41) is 10.1. The lowest BCUT2D eigenvalue weighted by Crippen LogP contribution is -2.23. The molecule has 108 valence electrons. The molecule has 1 heterocycles. The van der Waals surface area contributed by atoms with Gasteiger partial charge in [-0.25, -0.2) is 4.68 Å². The van der Waals surface area contributed by atoms with E-state index in [1.807, 2.05) is 41.1 Å². The van der Waals surface area contributed by atoms with Crippen molar-refractivity contribution in [2.45, 2.75) is 26.4 Å². The van der Waals surface area contributed by atoms with Gasteiger partial charge in [0.05, 0.1) is 17.4 Å². The first-order chi connectivity index (χ1) is 10.2. The first kappa shape index (κ1) is 13.5. The molecule has 4 nitrogen and oxygen atoms in total. The minimum atomic E-state index is 0.0344.